The van der Waals surface area contributed by atoms with Gasteiger partial charge in [-0.15, -0.1) is 0 Å². The van der Waals surface area contributed by atoms with Gasteiger partial charge in [0.2, 0.25) is 0 Å². The number of allylic oxidation sites excluding steroid dienone is 2. The molecule has 1 aromatic carbocycles. The van der Waals surface area contributed by atoms with E-state index < -0.39 is 5.60 Å². The number of dihydropyridines is 1. The third-order valence-electron chi connectivity index (χ3n) is 5.49. The molecule has 4 heteroatoms. The van der Waals surface area contributed by atoms with Crippen molar-refractivity contribution in [2.24, 2.45) is 0 Å². The van der Waals surface area contributed by atoms with Gasteiger partial charge in [-0.3, -0.25) is 4.90 Å². The van der Waals surface area contributed by atoms with Gasteiger partial charge in [-0.05, 0) is 80.9 Å². The maximum Gasteiger partial charge on any atom is 0.127 e. The van der Waals surface area contributed by atoms with Crippen molar-refractivity contribution in [2.45, 2.75) is 38.3 Å². The molecule has 0 bridgehead atoms. The van der Waals surface area contributed by atoms with Crippen LogP contribution in [0.15, 0.2) is 48.2 Å². The van der Waals surface area contributed by atoms with E-state index in [1.807, 2.05) is 32.2 Å². The lowest BCUT2D eigenvalue weighted by Gasteiger charge is -2.23. The van der Waals surface area contributed by atoms with Crippen LogP contribution in [-0.4, -0.2) is 42.3 Å². The molecule has 0 aliphatic carbocycles. The Kier molecular flexibility index (Phi) is 4.63. The Morgan fingerprint density at radius 2 is 2.12 bits per heavy atom. The molecule has 3 heterocycles. The predicted molar refractivity (Wildman–Crippen MR) is 105 cm³/mol. The fourth-order valence-corrected chi connectivity index (χ4v) is 3.93. The zero-order chi connectivity index (χ0) is 18.1. The van der Waals surface area contributed by atoms with Crippen molar-refractivity contribution in [1.82, 2.24) is 10.2 Å². The Morgan fingerprint density at radius 3 is 2.88 bits per heavy atom. The topological polar surface area (TPSA) is 44.7 Å². The molecule has 1 atom stereocenters. The van der Waals surface area contributed by atoms with E-state index in [1.54, 1.807) is 0 Å². The molecule has 138 valence electrons. The van der Waals surface area contributed by atoms with Gasteiger partial charge in [0.15, 0.2) is 0 Å². The molecule has 4 rings (SSSR count). The fourth-order valence-electron chi connectivity index (χ4n) is 3.93. The lowest BCUT2D eigenvalue weighted by Crippen LogP contribution is -2.33. The van der Waals surface area contributed by atoms with Crippen LogP contribution < -0.4 is 10.1 Å². The highest BCUT2D eigenvalue weighted by Gasteiger charge is 2.28. The van der Waals surface area contributed by atoms with E-state index in [2.05, 4.69) is 34.5 Å². The first-order valence-corrected chi connectivity index (χ1v) is 9.58. The summed E-state index contributed by atoms with van der Waals surface area (Å²) in [6.07, 6.45) is 11.1. The number of fused-ring (bicyclic) bond motifs is 2. The molecule has 1 fully saturated rings. The van der Waals surface area contributed by atoms with Gasteiger partial charge in [-0.25, -0.2) is 0 Å². The van der Waals surface area contributed by atoms with E-state index >= 15 is 0 Å². The molecule has 0 aromatic heterocycles. The van der Waals surface area contributed by atoms with Crippen molar-refractivity contribution in [3.8, 4) is 5.75 Å². The lowest BCUT2D eigenvalue weighted by atomic mass is 9.88. The van der Waals surface area contributed by atoms with Crippen molar-refractivity contribution < 1.29 is 9.84 Å². The minimum atomic E-state index is -0.875. The first kappa shape index (κ1) is 17.4. The van der Waals surface area contributed by atoms with Gasteiger partial charge in [-0.1, -0.05) is 18.2 Å². The Hall–Kier alpha value is -2.04. The highest BCUT2D eigenvalue weighted by Crippen LogP contribution is 2.39. The molecule has 3 aliphatic heterocycles. The predicted octanol–water partition coefficient (Wildman–Crippen LogP) is 3.20. The molecule has 0 amide bonds. The van der Waals surface area contributed by atoms with Crippen LogP contribution in [0.3, 0.4) is 0 Å². The van der Waals surface area contributed by atoms with Gasteiger partial charge in [-0.2, -0.15) is 0 Å². The van der Waals surface area contributed by atoms with Gasteiger partial charge in [0, 0.05) is 12.1 Å². The van der Waals surface area contributed by atoms with Gasteiger partial charge in [0.05, 0.1) is 11.6 Å². The molecule has 2 N–H and O–H groups in total. The molecule has 1 unspecified atom stereocenters. The van der Waals surface area contributed by atoms with Gasteiger partial charge in [0.25, 0.3) is 0 Å². The van der Waals surface area contributed by atoms with E-state index in [0.717, 1.165) is 23.4 Å². The molecule has 1 aromatic rings. The van der Waals surface area contributed by atoms with Crippen molar-refractivity contribution in [1.29, 1.82) is 0 Å². The van der Waals surface area contributed by atoms with Gasteiger partial charge < -0.3 is 15.2 Å². The summed E-state index contributed by atoms with van der Waals surface area (Å²) in [5.41, 5.74) is 3.59. The molecule has 4 nitrogen and oxygen atoms in total. The second kappa shape index (κ2) is 6.93. The Morgan fingerprint density at radius 1 is 1.31 bits per heavy atom. The van der Waals surface area contributed by atoms with Gasteiger partial charge >= 0.3 is 0 Å². The average Bonchev–Trinajstić information content (AvgIpc) is 3.08. The molecule has 1 saturated heterocycles. The van der Waals surface area contributed by atoms with Crippen molar-refractivity contribution in [3.63, 3.8) is 0 Å². The SMILES string of the molecule is CC(C)(O)c1ccc2c(c1)/C(=C/CN1CCCC1)C1=CC=CNC1CO2. The first-order chi connectivity index (χ1) is 12.5. The number of ether oxygens (including phenoxy) is 1. The van der Waals surface area contributed by atoms with Crippen LogP contribution in [0, 0.1) is 0 Å². The van der Waals surface area contributed by atoms with E-state index in [1.165, 1.54) is 37.1 Å². The average molecular weight is 352 g/mol. The summed E-state index contributed by atoms with van der Waals surface area (Å²) >= 11 is 0. The minimum absolute atomic E-state index is 0.155. The molecule has 0 spiro atoms. The van der Waals surface area contributed by atoms with Crippen LogP contribution in [0.25, 0.3) is 5.57 Å². The largest absolute Gasteiger partial charge is 0.490 e. The third kappa shape index (κ3) is 3.44. The number of benzene rings is 1. The quantitative estimate of drug-likeness (QED) is 0.877. The minimum Gasteiger partial charge on any atom is -0.490 e. The Balaban J connectivity index is 1.78. The summed E-state index contributed by atoms with van der Waals surface area (Å²) < 4.78 is 6.11. The number of hydrogen-bond acceptors (Lipinski definition) is 4. The molecule has 26 heavy (non-hydrogen) atoms. The normalized spacial score (nSPS) is 24.3. The van der Waals surface area contributed by atoms with Crippen LogP contribution in [0.1, 0.15) is 37.8 Å². The van der Waals surface area contributed by atoms with Crippen LogP contribution >= 0.6 is 0 Å². The summed E-state index contributed by atoms with van der Waals surface area (Å²) in [6.45, 7) is 7.57. The number of likely N-dealkylation sites (tertiary alicyclic amines) is 1. The van der Waals surface area contributed by atoms with Crippen molar-refractivity contribution in [2.75, 3.05) is 26.2 Å². The summed E-state index contributed by atoms with van der Waals surface area (Å²) in [7, 11) is 0. The van der Waals surface area contributed by atoms with E-state index in [9.17, 15) is 5.11 Å². The maximum atomic E-state index is 10.5. The number of nitrogens with zero attached hydrogens (tertiary/aromatic N) is 1. The Labute approximate surface area is 155 Å². The molecular weight excluding hydrogens is 324 g/mol. The third-order valence-corrected chi connectivity index (χ3v) is 5.49. The van der Waals surface area contributed by atoms with E-state index in [4.69, 9.17) is 4.74 Å². The number of aliphatic hydroxyl groups is 1. The van der Waals surface area contributed by atoms with E-state index in [0.29, 0.717) is 6.61 Å². The second-order valence-electron chi connectivity index (χ2n) is 7.91. The number of rotatable bonds is 3. The molecule has 0 radical (unpaired) electrons. The summed E-state index contributed by atoms with van der Waals surface area (Å²) in [5.74, 6) is 0.891. The van der Waals surface area contributed by atoms with Crippen LogP contribution in [0.4, 0.5) is 0 Å². The second-order valence-corrected chi connectivity index (χ2v) is 7.91. The fraction of sp³-hybridized carbons (Fsp3) is 0.455. The van der Waals surface area contributed by atoms with Crippen LogP contribution in [0.2, 0.25) is 0 Å². The maximum absolute atomic E-state index is 10.5. The van der Waals surface area contributed by atoms with Gasteiger partial charge in [0.1, 0.15) is 12.4 Å². The first-order valence-electron chi connectivity index (χ1n) is 9.58. The highest BCUT2D eigenvalue weighted by molar-refractivity contribution is 5.85. The molecule has 0 saturated carbocycles. The summed E-state index contributed by atoms with van der Waals surface area (Å²) in [4.78, 5) is 2.50. The number of hydrogen-bond donors (Lipinski definition) is 2. The lowest BCUT2D eigenvalue weighted by molar-refractivity contribution is 0.0785. The monoisotopic (exact) mass is 352 g/mol. The molecular formula is C22H28N2O2. The zero-order valence-electron chi connectivity index (χ0n) is 15.7. The van der Waals surface area contributed by atoms with Crippen molar-refractivity contribution in [3.05, 3.63) is 59.3 Å². The van der Waals surface area contributed by atoms with Crippen molar-refractivity contribution >= 4 is 5.57 Å². The zero-order valence-corrected chi connectivity index (χ0v) is 15.7. The summed E-state index contributed by atoms with van der Waals surface area (Å²) in [5, 5.41) is 13.9. The molecule has 3 aliphatic rings. The summed E-state index contributed by atoms with van der Waals surface area (Å²) in [6, 6.07) is 6.21. The highest BCUT2D eigenvalue weighted by atomic mass is 16.5. The Bertz CT molecular complexity index is 765. The number of nitrogens with one attached hydrogen (secondary N) is 1. The van der Waals surface area contributed by atoms with Crippen LogP contribution in [-0.2, 0) is 5.60 Å². The van der Waals surface area contributed by atoms with Crippen LogP contribution in [0.5, 0.6) is 5.75 Å². The smallest absolute Gasteiger partial charge is 0.127 e. The van der Waals surface area contributed by atoms with E-state index in [-0.39, 0.29) is 6.04 Å². The standard InChI is InChI=1S/C22H28N2O2/c1-22(2,25)16-7-8-21-19(14-16)17(9-13-24-11-3-4-12-24)18-6-5-10-23-20(18)15-26-21/h5-10,14,20,23,25H,3-4,11-13,15H2,1-2H3/b17-9+.